The highest BCUT2D eigenvalue weighted by molar-refractivity contribution is 5.81. The smallest absolute Gasteiger partial charge is 0.231 e. The van der Waals surface area contributed by atoms with Gasteiger partial charge in [-0.2, -0.15) is 0 Å². The summed E-state index contributed by atoms with van der Waals surface area (Å²) in [5.74, 6) is 1.89. The van der Waals surface area contributed by atoms with Crippen molar-refractivity contribution in [1.82, 2.24) is 0 Å². The fraction of sp³-hybridized carbons (Fsp3) is 0.500. The third-order valence-electron chi connectivity index (χ3n) is 3.48. The molecular formula is C14H16O4. The standard InChI is InChI=1S/C14H16O4/c15-8-10-6-13-14(17-9-16-13)7-12(10)18-11-4-2-1-3-5-11/h6-8,11H,1-5,9H2. The van der Waals surface area contributed by atoms with Crippen LogP contribution in [0.4, 0.5) is 0 Å². The van der Waals surface area contributed by atoms with E-state index in [1.54, 1.807) is 12.1 Å². The average molecular weight is 248 g/mol. The van der Waals surface area contributed by atoms with Gasteiger partial charge in [0.2, 0.25) is 6.79 Å². The molecule has 2 aliphatic rings. The molecule has 1 aromatic rings. The second-order valence-electron chi connectivity index (χ2n) is 4.74. The molecule has 4 nitrogen and oxygen atoms in total. The number of hydrogen-bond acceptors (Lipinski definition) is 4. The summed E-state index contributed by atoms with van der Waals surface area (Å²) >= 11 is 0. The summed E-state index contributed by atoms with van der Waals surface area (Å²) in [4.78, 5) is 11.1. The van der Waals surface area contributed by atoms with Gasteiger partial charge in [-0.05, 0) is 31.7 Å². The largest absolute Gasteiger partial charge is 0.490 e. The lowest BCUT2D eigenvalue weighted by Crippen LogP contribution is -2.20. The molecule has 0 bridgehead atoms. The van der Waals surface area contributed by atoms with Gasteiger partial charge in [0.1, 0.15) is 5.75 Å². The van der Waals surface area contributed by atoms with Gasteiger partial charge in [0, 0.05) is 6.07 Å². The molecule has 0 aromatic heterocycles. The molecule has 0 N–H and O–H groups in total. The van der Waals surface area contributed by atoms with Crippen molar-refractivity contribution in [2.45, 2.75) is 38.2 Å². The van der Waals surface area contributed by atoms with Crippen LogP contribution in [-0.4, -0.2) is 19.2 Å². The number of aldehydes is 1. The van der Waals surface area contributed by atoms with Crippen molar-refractivity contribution in [2.24, 2.45) is 0 Å². The van der Waals surface area contributed by atoms with Gasteiger partial charge in [0.05, 0.1) is 11.7 Å². The Labute approximate surface area is 106 Å². The highest BCUT2D eigenvalue weighted by Crippen LogP contribution is 2.38. The fourth-order valence-corrected chi connectivity index (χ4v) is 2.50. The van der Waals surface area contributed by atoms with Crippen molar-refractivity contribution < 1.29 is 19.0 Å². The lowest BCUT2D eigenvalue weighted by Gasteiger charge is -2.23. The van der Waals surface area contributed by atoms with E-state index in [2.05, 4.69) is 0 Å². The summed E-state index contributed by atoms with van der Waals surface area (Å²) in [6.45, 7) is 0.209. The van der Waals surface area contributed by atoms with E-state index in [9.17, 15) is 4.79 Å². The van der Waals surface area contributed by atoms with Gasteiger partial charge in [0.15, 0.2) is 17.8 Å². The van der Waals surface area contributed by atoms with Gasteiger partial charge in [-0.1, -0.05) is 6.42 Å². The Bertz CT molecular complexity index is 449. The zero-order valence-electron chi connectivity index (χ0n) is 10.2. The van der Waals surface area contributed by atoms with Gasteiger partial charge in [-0.15, -0.1) is 0 Å². The lowest BCUT2D eigenvalue weighted by atomic mass is 9.97. The quantitative estimate of drug-likeness (QED) is 0.771. The van der Waals surface area contributed by atoms with Gasteiger partial charge in [0.25, 0.3) is 0 Å². The SMILES string of the molecule is O=Cc1cc2c(cc1OC1CCCCC1)OCO2. The zero-order valence-corrected chi connectivity index (χ0v) is 10.2. The molecule has 0 atom stereocenters. The van der Waals surface area contributed by atoms with E-state index in [1.807, 2.05) is 0 Å². The normalized spacial score (nSPS) is 18.7. The van der Waals surface area contributed by atoms with Crippen molar-refractivity contribution in [1.29, 1.82) is 0 Å². The highest BCUT2D eigenvalue weighted by atomic mass is 16.7. The Morgan fingerprint density at radius 1 is 1.11 bits per heavy atom. The van der Waals surface area contributed by atoms with Crippen LogP contribution in [0.5, 0.6) is 17.2 Å². The van der Waals surface area contributed by atoms with Crippen molar-refractivity contribution >= 4 is 6.29 Å². The Morgan fingerprint density at radius 2 is 1.83 bits per heavy atom. The number of benzene rings is 1. The molecule has 0 amide bonds. The minimum atomic E-state index is 0.209. The maximum atomic E-state index is 11.1. The van der Waals surface area contributed by atoms with Crippen LogP contribution in [0, 0.1) is 0 Å². The Hall–Kier alpha value is -1.71. The molecule has 0 radical (unpaired) electrons. The summed E-state index contributed by atoms with van der Waals surface area (Å²) in [6.07, 6.45) is 6.83. The van der Waals surface area contributed by atoms with Crippen molar-refractivity contribution in [2.75, 3.05) is 6.79 Å². The van der Waals surface area contributed by atoms with Gasteiger partial charge in [-0.25, -0.2) is 0 Å². The molecule has 3 rings (SSSR count). The summed E-state index contributed by atoms with van der Waals surface area (Å²) in [5, 5.41) is 0. The summed E-state index contributed by atoms with van der Waals surface area (Å²) in [5.41, 5.74) is 0.532. The molecule has 0 saturated heterocycles. The van der Waals surface area contributed by atoms with E-state index in [-0.39, 0.29) is 12.9 Å². The van der Waals surface area contributed by atoms with E-state index in [0.29, 0.717) is 22.8 Å². The highest BCUT2D eigenvalue weighted by Gasteiger charge is 2.21. The van der Waals surface area contributed by atoms with Crippen LogP contribution in [0.3, 0.4) is 0 Å². The van der Waals surface area contributed by atoms with Crippen LogP contribution >= 0.6 is 0 Å². The molecule has 96 valence electrons. The first-order valence-electron chi connectivity index (χ1n) is 6.42. The molecule has 1 aromatic carbocycles. The number of ether oxygens (including phenoxy) is 3. The molecule has 1 aliphatic heterocycles. The van der Waals surface area contributed by atoms with Crippen molar-refractivity contribution in [3.63, 3.8) is 0 Å². The minimum Gasteiger partial charge on any atom is -0.490 e. The first-order chi connectivity index (χ1) is 8.86. The molecule has 1 fully saturated rings. The molecule has 1 aliphatic carbocycles. The van der Waals surface area contributed by atoms with Crippen LogP contribution in [0.1, 0.15) is 42.5 Å². The Kier molecular flexibility index (Phi) is 3.09. The fourth-order valence-electron chi connectivity index (χ4n) is 2.50. The molecular weight excluding hydrogens is 232 g/mol. The maximum Gasteiger partial charge on any atom is 0.231 e. The van der Waals surface area contributed by atoms with Crippen LogP contribution in [0.2, 0.25) is 0 Å². The van der Waals surface area contributed by atoms with E-state index >= 15 is 0 Å². The Morgan fingerprint density at radius 3 is 2.56 bits per heavy atom. The Balaban J connectivity index is 1.83. The van der Waals surface area contributed by atoms with E-state index in [4.69, 9.17) is 14.2 Å². The first kappa shape index (κ1) is 11.4. The number of fused-ring (bicyclic) bond motifs is 1. The first-order valence-corrected chi connectivity index (χ1v) is 6.42. The lowest BCUT2D eigenvalue weighted by molar-refractivity contribution is 0.111. The predicted octanol–water partition coefficient (Wildman–Crippen LogP) is 2.94. The van der Waals surface area contributed by atoms with Crippen LogP contribution in [0.15, 0.2) is 12.1 Å². The molecule has 18 heavy (non-hydrogen) atoms. The molecule has 1 heterocycles. The number of hydrogen-bond donors (Lipinski definition) is 0. The molecule has 1 saturated carbocycles. The van der Waals surface area contributed by atoms with E-state index in [1.165, 1.54) is 19.3 Å². The van der Waals surface area contributed by atoms with Gasteiger partial charge < -0.3 is 14.2 Å². The number of rotatable bonds is 3. The predicted molar refractivity (Wildman–Crippen MR) is 65.5 cm³/mol. The third kappa shape index (κ3) is 2.15. The minimum absolute atomic E-state index is 0.209. The molecule has 0 spiro atoms. The molecule has 0 unspecified atom stereocenters. The van der Waals surface area contributed by atoms with Gasteiger partial charge in [-0.3, -0.25) is 4.79 Å². The number of carbonyl (C=O) groups excluding carboxylic acids is 1. The monoisotopic (exact) mass is 248 g/mol. The van der Waals surface area contributed by atoms with Crippen LogP contribution in [0.25, 0.3) is 0 Å². The van der Waals surface area contributed by atoms with E-state index < -0.39 is 0 Å². The molecule has 4 heteroatoms. The average Bonchev–Trinajstić information content (AvgIpc) is 2.86. The zero-order chi connectivity index (χ0) is 12.4. The third-order valence-corrected chi connectivity index (χ3v) is 3.48. The van der Waals surface area contributed by atoms with Crippen LogP contribution < -0.4 is 14.2 Å². The van der Waals surface area contributed by atoms with Crippen molar-refractivity contribution in [3.05, 3.63) is 17.7 Å². The second-order valence-corrected chi connectivity index (χ2v) is 4.74. The second kappa shape index (κ2) is 4.88. The van der Waals surface area contributed by atoms with E-state index in [0.717, 1.165) is 19.1 Å². The van der Waals surface area contributed by atoms with Crippen molar-refractivity contribution in [3.8, 4) is 17.2 Å². The number of carbonyl (C=O) groups is 1. The maximum absolute atomic E-state index is 11.1. The summed E-state index contributed by atoms with van der Waals surface area (Å²) in [6, 6.07) is 3.45. The summed E-state index contributed by atoms with van der Waals surface area (Å²) in [7, 11) is 0. The van der Waals surface area contributed by atoms with Gasteiger partial charge >= 0.3 is 0 Å². The summed E-state index contributed by atoms with van der Waals surface area (Å²) < 4.78 is 16.5. The topological polar surface area (TPSA) is 44.8 Å². The van der Waals surface area contributed by atoms with Crippen LogP contribution in [-0.2, 0) is 0 Å².